The minimum absolute atomic E-state index is 0.0806. The molecular formula is C8H13N3O2. The molecule has 0 radical (unpaired) electrons. The average Bonchev–Trinajstić information content (AvgIpc) is 2.72. The highest BCUT2D eigenvalue weighted by Crippen LogP contribution is 2.20. The molecule has 2 N–H and O–H groups in total. The van der Waals surface area contributed by atoms with Gasteiger partial charge in [0.1, 0.15) is 6.10 Å². The third-order valence-electron chi connectivity index (χ3n) is 2.29. The second kappa shape index (κ2) is 3.43. The molecule has 1 aliphatic rings. The second-order valence-electron chi connectivity index (χ2n) is 3.32. The molecular weight excluding hydrogens is 170 g/mol. The number of rotatable bonds is 2. The Morgan fingerprint density at radius 3 is 3.08 bits per heavy atom. The fourth-order valence-electron chi connectivity index (χ4n) is 1.60. The van der Waals surface area contributed by atoms with Crippen molar-refractivity contribution in [1.82, 2.24) is 15.5 Å². The van der Waals surface area contributed by atoms with Crippen LogP contribution in [0.4, 0.5) is 0 Å². The maximum atomic E-state index is 9.79. The zero-order valence-electron chi connectivity index (χ0n) is 7.53. The van der Waals surface area contributed by atoms with Crippen molar-refractivity contribution in [2.45, 2.75) is 31.9 Å². The first-order valence-corrected chi connectivity index (χ1v) is 4.49. The highest BCUT2D eigenvalue weighted by molar-refractivity contribution is 4.96. The van der Waals surface area contributed by atoms with Crippen molar-refractivity contribution in [3.63, 3.8) is 0 Å². The normalized spacial score (nSPS) is 24.9. The maximum Gasteiger partial charge on any atom is 0.223 e. The van der Waals surface area contributed by atoms with E-state index in [9.17, 15) is 5.11 Å². The van der Waals surface area contributed by atoms with Crippen LogP contribution in [-0.4, -0.2) is 27.8 Å². The van der Waals surface area contributed by atoms with Crippen molar-refractivity contribution >= 4 is 0 Å². The summed E-state index contributed by atoms with van der Waals surface area (Å²) in [5, 5.41) is 16.7. The van der Waals surface area contributed by atoms with E-state index in [1.807, 2.05) is 0 Å². The van der Waals surface area contributed by atoms with Gasteiger partial charge in [-0.3, -0.25) is 0 Å². The predicted molar refractivity (Wildman–Crippen MR) is 45.0 cm³/mol. The Morgan fingerprint density at radius 1 is 1.69 bits per heavy atom. The van der Waals surface area contributed by atoms with E-state index in [1.54, 1.807) is 6.92 Å². The summed E-state index contributed by atoms with van der Waals surface area (Å²) in [6.45, 7) is 2.67. The summed E-state index contributed by atoms with van der Waals surface area (Å²) in [7, 11) is 0. The molecule has 1 saturated heterocycles. The van der Waals surface area contributed by atoms with Gasteiger partial charge in [-0.2, -0.15) is 4.98 Å². The Morgan fingerprint density at radius 2 is 2.54 bits per heavy atom. The van der Waals surface area contributed by atoms with E-state index in [2.05, 4.69) is 15.5 Å². The minimum atomic E-state index is -0.639. The van der Waals surface area contributed by atoms with Crippen LogP contribution in [0.2, 0.25) is 0 Å². The smallest absolute Gasteiger partial charge is 0.223 e. The minimum Gasteiger partial charge on any atom is -0.383 e. The van der Waals surface area contributed by atoms with Gasteiger partial charge in [0.25, 0.3) is 0 Å². The second-order valence-corrected chi connectivity index (χ2v) is 3.32. The number of aromatic nitrogens is 2. The standard InChI is InChI=1S/C8H13N3O2/c1-5-10-8(11-13-5)7(12)6-3-2-4-9-6/h6-7,9,12H,2-4H2,1H3/t6?,7-/m0/s1. The summed E-state index contributed by atoms with van der Waals surface area (Å²) < 4.78 is 4.80. The number of nitrogens with one attached hydrogen (secondary N) is 1. The molecule has 0 bridgehead atoms. The quantitative estimate of drug-likeness (QED) is 0.683. The first-order valence-electron chi connectivity index (χ1n) is 4.49. The first kappa shape index (κ1) is 8.65. The number of nitrogens with zero attached hydrogens (tertiary/aromatic N) is 2. The van der Waals surface area contributed by atoms with Crippen molar-refractivity contribution in [2.24, 2.45) is 0 Å². The van der Waals surface area contributed by atoms with Gasteiger partial charge in [-0.25, -0.2) is 0 Å². The zero-order valence-corrected chi connectivity index (χ0v) is 7.53. The number of aliphatic hydroxyl groups excluding tert-OH is 1. The summed E-state index contributed by atoms with van der Waals surface area (Å²) >= 11 is 0. The van der Waals surface area contributed by atoms with Crippen LogP contribution in [0, 0.1) is 6.92 Å². The van der Waals surface area contributed by atoms with Crippen LogP contribution in [0.3, 0.4) is 0 Å². The van der Waals surface area contributed by atoms with E-state index < -0.39 is 6.10 Å². The van der Waals surface area contributed by atoms with Gasteiger partial charge in [0, 0.05) is 13.0 Å². The van der Waals surface area contributed by atoms with Gasteiger partial charge in [0.2, 0.25) is 11.7 Å². The monoisotopic (exact) mass is 183 g/mol. The predicted octanol–water partition coefficient (Wildman–Crippen LogP) is 0.163. The van der Waals surface area contributed by atoms with Crippen LogP contribution >= 0.6 is 0 Å². The van der Waals surface area contributed by atoms with E-state index in [1.165, 1.54) is 0 Å². The summed E-state index contributed by atoms with van der Waals surface area (Å²) in [6, 6.07) is 0.0806. The third-order valence-corrected chi connectivity index (χ3v) is 2.29. The van der Waals surface area contributed by atoms with Crippen molar-refractivity contribution in [3.05, 3.63) is 11.7 Å². The molecule has 0 aromatic carbocycles. The molecule has 1 unspecified atom stereocenters. The van der Waals surface area contributed by atoms with Crippen molar-refractivity contribution in [1.29, 1.82) is 0 Å². The lowest BCUT2D eigenvalue weighted by Gasteiger charge is -2.13. The van der Waals surface area contributed by atoms with Crippen molar-refractivity contribution in [3.8, 4) is 0 Å². The van der Waals surface area contributed by atoms with Gasteiger partial charge in [-0.1, -0.05) is 5.16 Å². The topological polar surface area (TPSA) is 71.2 Å². The number of aliphatic hydroxyl groups is 1. The SMILES string of the molecule is Cc1nc([C@@H](O)C2CCCN2)no1. The third kappa shape index (κ3) is 1.71. The molecule has 5 heteroatoms. The Bertz CT molecular complexity index is 281. The Labute approximate surface area is 76.1 Å². The lowest BCUT2D eigenvalue weighted by Crippen LogP contribution is -2.29. The molecule has 1 aromatic rings. The van der Waals surface area contributed by atoms with Gasteiger partial charge in [0.05, 0.1) is 0 Å². The highest BCUT2D eigenvalue weighted by Gasteiger charge is 2.27. The van der Waals surface area contributed by atoms with E-state index in [4.69, 9.17) is 4.52 Å². The van der Waals surface area contributed by atoms with E-state index in [0.29, 0.717) is 11.7 Å². The maximum absolute atomic E-state index is 9.79. The van der Waals surface area contributed by atoms with Crippen LogP contribution in [0.25, 0.3) is 0 Å². The van der Waals surface area contributed by atoms with Crippen LogP contribution in [-0.2, 0) is 0 Å². The molecule has 13 heavy (non-hydrogen) atoms. The molecule has 0 aliphatic carbocycles. The molecule has 2 atom stereocenters. The van der Waals surface area contributed by atoms with Crippen LogP contribution in [0.15, 0.2) is 4.52 Å². The number of hydrogen-bond donors (Lipinski definition) is 2. The number of hydrogen-bond acceptors (Lipinski definition) is 5. The van der Waals surface area contributed by atoms with Crippen LogP contribution in [0.1, 0.15) is 30.7 Å². The molecule has 1 aliphatic heterocycles. The van der Waals surface area contributed by atoms with Gasteiger partial charge >= 0.3 is 0 Å². The Kier molecular flexibility index (Phi) is 2.28. The molecule has 5 nitrogen and oxygen atoms in total. The van der Waals surface area contributed by atoms with Crippen LogP contribution < -0.4 is 5.32 Å². The highest BCUT2D eigenvalue weighted by atomic mass is 16.5. The van der Waals surface area contributed by atoms with Gasteiger partial charge in [-0.05, 0) is 19.4 Å². The Balaban J connectivity index is 2.07. The zero-order chi connectivity index (χ0) is 9.26. The molecule has 2 rings (SSSR count). The first-order chi connectivity index (χ1) is 6.27. The molecule has 0 spiro atoms. The fourth-order valence-corrected chi connectivity index (χ4v) is 1.60. The van der Waals surface area contributed by atoms with Gasteiger partial charge < -0.3 is 14.9 Å². The largest absolute Gasteiger partial charge is 0.383 e. The molecule has 0 saturated carbocycles. The summed E-state index contributed by atoms with van der Waals surface area (Å²) in [6.07, 6.45) is 1.42. The Hall–Kier alpha value is -0.940. The average molecular weight is 183 g/mol. The summed E-state index contributed by atoms with van der Waals surface area (Å²) in [4.78, 5) is 3.99. The van der Waals surface area contributed by atoms with Gasteiger partial charge in [-0.15, -0.1) is 0 Å². The molecule has 1 fully saturated rings. The molecule has 72 valence electrons. The molecule has 1 aromatic heterocycles. The molecule has 0 amide bonds. The summed E-state index contributed by atoms with van der Waals surface area (Å²) in [5.74, 6) is 0.879. The fraction of sp³-hybridized carbons (Fsp3) is 0.750. The van der Waals surface area contributed by atoms with Crippen molar-refractivity contribution in [2.75, 3.05) is 6.54 Å². The molecule has 2 heterocycles. The summed E-state index contributed by atoms with van der Waals surface area (Å²) in [5.41, 5.74) is 0. The van der Waals surface area contributed by atoms with Crippen molar-refractivity contribution < 1.29 is 9.63 Å². The van der Waals surface area contributed by atoms with E-state index >= 15 is 0 Å². The lowest BCUT2D eigenvalue weighted by atomic mass is 10.1. The van der Waals surface area contributed by atoms with Crippen LogP contribution in [0.5, 0.6) is 0 Å². The number of aryl methyl sites for hydroxylation is 1. The van der Waals surface area contributed by atoms with Gasteiger partial charge in [0.15, 0.2) is 0 Å². The lowest BCUT2D eigenvalue weighted by molar-refractivity contribution is 0.125. The van der Waals surface area contributed by atoms with E-state index in [0.717, 1.165) is 19.4 Å². The van der Waals surface area contributed by atoms with E-state index in [-0.39, 0.29) is 6.04 Å².